The molecule has 3 rings (SSSR count). The van der Waals surface area contributed by atoms with E-state index in [1.165, 1.54) is 4.88 Å². The Morgan fingerprint density at radius 3 is 3.05 bits per heavy atom. The zero-order valence-corrected chi connectivity index (χ0v) is 12.5. The van der Waals surface area contributed by atoms with Crippen LogP contribution in [0.5, 0.6) is 0 Å². The molecule has 0 radical (unpaired) electrons. The van der Waals surface area contributed by atoms with Gasteiger partial charge in [0.2, 0.25) is 5.91 Å². The van der Waals surface area contributed by atoms with Gasteiger partial charge < -0.3 is 9.72 Å². The molecule has 108 valence electrons. The van der Waals surface area contributed by atoms with Crippen LogP contribution in [0.4, 0.5) is 0 Å². The third-order valence-corrected chi connectivity index (χ3v) is 4.30. The number of rotatable bonds is 6. The average molecular weight is 299 g/mol. The monoisotopic (exact) mass is 299 g/mol. The lowest BCUT2D eigenvalue weighted by atomic mass is 10.2. The van der Waals surface area contributed by atoms with E-state index in [0.29, 0.717) is 19.4 Å². The van der Waals surface area contributed by atoms with Crippen LogP contribution < -0.4 is 5.32 Å². The molecule has 0 spiro atoms. The first-order chi connectivity index (χ1) is 10.3. The zero-order valence-electron chi connectivity index (χ0n) is 11.7. The van der Waals surface area contributed by atoms with Gasteiger partial charge in [-0.25, -0.2) is 4.98 Å². The fourth-order valence-electron chi connectivity index (χ4n) is 2.28. The molecule has 0 aliphatic heterocycles. The first-order valence-electron chi connectivity index (χ1n) is 7.03. The third kappa shape index (κ3) is 3.49. The summed E-state index contributed by atoms with van der Waals surface area (Å²) in [5, 5.41) is 5.02. The van der Waals surface area contributed by atoms with Gasteiger partial charge in [0, 0.05) is 30.5 Å². The van der Waals surface area contributed by atoms with Gasteiger partial charge in [-0.15, -0.1) is 11.3 Å². The Balaban J connectivity index is 1.47. The number of amides is 1. The maximum absolute atomic E-state index is 11.9. The topological polar surface area (TPSA) is 46.4 Å². The number of nitrogens with zero attached hydrogens (tertiary/aromatic N) is 2. The molecule has 3 aromatic rings. The van der Waals surface area contributed by atoms with Crippen molar-refractivity contribution in [2.45, 2.75) is 19.3 Å². The number of hydrogen-bond acceptors (Lipinski definition) is 3. The number of fused-ring (bicyclic) bond motifs is 1. The standard InChI is InChI=1S/C16H17N3OS/c20-16(17-9-8-14-5-3-11-21-14)7-6-15-18-12-13-4-1-2-10-19(13)15/h1-5,10-12H,6-9H2,(H,17,20). The van der Waals surface area contributed by atoms with Crippen LogP contribution >= 0.6 is 11.3 Å². The Morgan fingerprint density at radius 1 is 1.24 bits per heavy atom. The molecule has 0 saturated heterocycles. The molecule has 0 bridgehead atoms. The Kier molecular flexibility index (Phi) is 4.31. The number of pyridine rings is 1. The largest absolute Gasteiger partial charge is 0.356 e. The normalized spacial score (nSPS) is 10.9. The van der Waals surface area contributed by atoms with Crippen molar-refractivity contribution >= 4 is 22.8 Å². The summed E-state index contributed by atoms with van der Waals surface area (Å²) in [6, 6.07) is 10.1. The smallest absolute Gasteiger partial charge is 0.220 e. The van der Waals surface area contributed by atoms with Crippen molar-refractivity contribution in [2.75, 3.05) is 6.54 Å². The Hall–Kier alpha value is -2.14. The van der Waals surface area contributed by atoms with Crippen LogP contribution in [0.15, 0.2) is 48.1 Å². The third-order valence-electron chi connectivity index (χ3n) is 3.36. The van der Waals surface area contributed by atoms with Crippen LogP contribution in [-0.2, 0) is 17.6 Å². The van der Waals surface area contributed by atoms with E-state index in [1.807, 2.05) is 41.1 Å². The number of aromatic nitrogens is 2. The van der Waals surface area contributed by atoms with Gasteiger partial charge >= 0.3 is 0 Å². The van der Waals surface area contributed by atoms with Crippen molar-refractivity contribution in [3.05, 3.63) is 58.8 Å². The van der Waals surface area contributed by atoms with E-state index >= 15 is 0 Å². The molecule has 21 heavy (non-hydrogen) atoms. The minimum atomic E-state index is 0.0826. The van der Waals surface area contributed by atoms with Gasteiger partial charge in [-0.1, -0.05) is 12.1 Å². The van der Waals surface area contributed by atoms with E-state index < -0.39 is 0 Å². The maximum Gasteiger partial charge on any atom is 0.220 e. The van der Waals surface area contributed by atoms with E-state index in [0.717, 1.165) is 17.8 Å². The molecule has 4 nitrogen and oxygen atoms in total. The highest BCUT2D eigenvalue weighted by Crippen LogP contribution is 2.09. The molecule has 0 saturated carbocycles. The fraction of sp³-hybridized carbons (Fsp3) is 0.250. The highest BCUT2D eigenvalue weighted by molar-refractivity contribution is 7.09. The van der Waals surface area contributed by atoms with Crippen molar-refractivity contribution < 1.29 is 4.79 Å². The molecule has 0 aromatic carbocycles. The first kappa shape index (κ1) is 13.8. The number of thiophene rings is 1. The molecule has 0 atom stereocenters. The van der Waals surface area contributed by atoms with Crippen molar-refractivity contribution in [1.82, 2.24) is 14.7 Å². The summed E-state index contributed by atoms with van der Waals surface area (Å²) in [5.74, 6) is 1.01. The summed E-state index contributed by atoms with van der Waals surface area (Å²) >= 11 is 1.72. The van der Waals surface area contributed by atoms with Gasteiger partial charge in [0.1, 0.15) is 5.82 Å². The fourth-order valence-corrected chi connectivity index (χ4v) is 2.99. The molecule has 0 fully saturated rings. The van der Waals surface area contributed by atoms with Crippen LogP contribution in [0.25, 0.3) is 5.52 Å². The Morgan fingerprint density at radius 2 is 2.19 bits per heavy atom. The molecule has 5 heteroatoms. The summed E-state index contributed by atoms with van der Waals surface area (Å²) in [4.78, 5) is 17.5. The van der Waals surface area contributed by atoms with Gasteiger partial charge in [-0.2, -0.15) is 0 Å². The molecule has 0 aliphatic rings. The van der Waals surface area contributed by atoms with Gasteiger partial charge in [0.25, 0.3) is 0 Å². The zero-order chi connectivity index (χ0) is 14.5. The van der Waals surface area contributed by atoms with E-state index in [2.05, 4.69) is 21.7 Å². The van der Waals surface area contributed by atoms with Gasteiger partial charge in [-0.3, -0.25) is 4.79 Å². The molecule has 0 unspecified atom stereocenters. The lowest BCUT2D eigenvalue weighted by Crippen LogP contribution is -2.25. The van der Waals surface area contributed by atoms with Crippen LogP contribution in [0.3, 0.4) is 0 Å². The highest BCUT2D eigenvalue weighted by atomic mass is 32.1. The number of imidazole rings is 1. The molecule has 3 heterocycles. The lowest BCUT2D eigenvalue weighted by molar-refractivity contribution is -0.121. The van der Waals surface area contributed by atoms with E-state index in [9.17, 15) is 4.79 Å². The predicted octanol–water partition coefficient (Wildman–Crippen LogP) is 2.69. The second-order valence-corrected chi connectivity index (χ2v) is 5.88. The number of hydrogen-bond donors (Lipinski definition) is 1. The summed E-state index contributed by atoms with van der Waals surface area (Å²) in [5.41, 5.74) is 1.06. The summed E-state index contributed by atoms with van der Waals surface area (Å²) in [6.07, 6.45) is 5.84. The number of nitrogens with one attached hydrogen (secondary N) is 1. The summed E-state index contributed by atoms with van der Waals surface area (Å²) in [6.45, 7) is 0.696. The number of carbonyl (C=O) groups excluding carboxylic acids is 1. The average Bonchev–Trinajstić information content (AvgIpc) is 3.14. The van der Waals surface area contributed by atoms with Crippen LogP contribution in [0, 0.1) is 0 Å². The molecule has 0 aliphatic carbocycles. The predicted molar refractivity (Wildman–Crippen MR) is 84.5 cm³/mol. The second-order valence-electron chi connectivity index (χ2n) is 4.85. The Bertz CT molecular complexity index is 718. The summed E-state index contributed by atoms with van der Waals surface area (Å²) < 4.78 is 2.03. The van der Waals surface area contributed by atoms with E-state index in [4.69, 9.17) is 0 Å². The van der Waals surface area contributed by atoms with Gasteiger partial charge in [0.15, 0.2) is 0 Å². The molecular formula is C16H17N3OS. The first-order valence-corrected chi connectivity index (χ1v) is 7.91. The van der Waals surface area contributed by atoms with Crippen LogP contribution in [0.2, 0.25) is 0 Å². The highest BCUT2D eigenvalue weighted by Gasteiger charge is 2.06. The van der Waals surface area contributed by atoms with Crippen LogP contribution in [0.1, 0.15) is 17.1 Å². The minimum Gasteiger partial charge on any atom is -0.356 e. The Labute approximate surface area is 127 Å². The lowest BCUT2D eigenvalue weighted by Gasteiger charge is -2.04. The molecule has 1 amide bonds. The molecule has 1 N–H and O–H groups in total. The summed E-state index contributed by atoms with van der Waals surface area (Å²) in [7, 11) is 0. The van der Waals surface area contributed by atoms with E-state index in [-0.39, 0.29) is 5.91 Å². The van der Waals surface area contributed by atoms with Crippen molar-refractivity contribution in [3.8, 4) is 0 Å². The van der Waals surface area contributed by atoms with Gasteiger partial charge in [0.05, 0.1) is 11.7 Å². The number of carbonyl (C=O) groups is 1. The molecule has 3 aromatic heterocycles. The van der Waals surface area contributed by atoms with Gasteiger partial charge in [-0.05, 0) is 30.0 Å². The van der Waals surface area contributed by atoms with Crippen molar-refractivity contribution in [1.29, 1.82) is 0 Å². The van der Waals surface area contributed by atoms with Crippen molar-refractivity contribution in [2.24, 2.45) is 0 Å². The second kappa shape index (κ2) is 6.54. The van der Waals surface area contributed by atoms with Crippen molar-refractivity contribution in [3.63, 3.8) is 0 Å². The minimum absolute atomic E-state index is 0.0826. The van der Waals surface area contributed by atoms with Crippen LogP contribution in [-0.4, -0.2) is 21.8 Å². The quantitative estimate of drug-likeness (QED) is 0.760. The molecular weight excluding hydrogens is 282 g/mol. The van der Waals surface area contributed by atoms with E-state index in [1.54, 1.807) is 11.3 Å². The number of aryl methyl sites for hydroxylation is 1. The SMILES string of the molecule is O=C(CCc1ncc2ccccn12)NCCc1cccs1. The maximum atomic E-state index is 11.9.